The van der Waals surface area contributed by atoms with Gasteiger partial charge in [-0.25, -0.2) is 0 Å². The molecule has 0 spiro atoms. The number of carbonyl (C=O) groups is 1. The summed E-state index contributed by atoms with van der Waals surface area (Å²) in [6.45, 7) is 0.381. The standard InChI is InChI=1S/C24H21N3O2S2/c28-23(22-20-9-13-30-16-21(20)31-24(22)27-11-3-4-12-27)26-17-7-5-8-19(14-17)29-15-18-6-1-2-10-25-18/h1-8,10-12,14H,9,13,15-16H2,(H,26,28). The minimum absolute atomic E-state index is 0.0741. The molecule has 0 unspecified atom stereocenters. The van der Waals surface area contributed by atoms with E-state index in [2.05, 4.69) is 10.3 Å². The molecule has 0 saturated carbocycles. The molecule has 4 aromatic rings. The predicted octanol–water partition coefficient (Wildman–Crippen LogP) is 5.55. The van der Waals surface area contributed by atoms with Crippen LogP contribution in [-0.2, 0) is 18.8 Å². The fourth-order valence-electron chi connectivity index (χ4n) is 3.60. The van der Waals surface area contributed by atoms with Crippen LogP contribution in [0.15, 0.2) is 73.2 Å². The Morgan fingerprint density at radius 3 is 2.87 bits per heavy atom. The molecule has 3 aromatic heterocycles. The monoisotopic (exact) mass is 447 g/mol. The smallest absolute Gasteiger partial charge is 0.258 e. The van der Waals surface area contributed by atoms with Crippen molar-refractivity contribution >= 4 is 34.7 Å². The maximum absolute atomic E-state index is 13.4. The Labute approximate surface area is 189 Å². The SMILES string of the molecule is O=C(Nc1cccc(OCc2ccccn2)c1)c1c(-n2cccc2)sc2c1CCSC2. The molecule has 1 aromatic carbocycles. The van der Waals surface area contributed by atoms with Crippen LogP contribution in [-0.4, -0.2) is 21.2 Å². The van der Waals surface area contributed by atoms with Crippen molar-refractivity contribution in [2.75, 3.05) is 11.1 Å². The van der Waals surface area contributed by atoms with Crippen LogP contribution in [0.5, 0.6) is 5.75 Å². The van der Waals surface area contributed by atoms with E-state index in [0.29, 0.717) is 18.0 Å². The number of amides is 1. The van der Waals surface area contributed by atoms with Crippen molar-refractivity contribution in [1.82, 2.24) is 9.55 Å². The Balaban J connectivity index is 1.38. The summed E-state index contributed by atoms with van der Waals surface area (Å²) >= 11 is 3.64. The number of fused-ring (bicyclic) bond motifs is 1. The van der Waals surface area contributed by atoms with E-state index in [0.717, 1.165) is 34.2 Å². The number of thioether (sulfide) groups is 1. The number of hydrogen-bond acceptors (Lipinski definition) is 5. The lowest BCUT2D eigenvalue weighted by atomic mass is 10.1. The Morgan fingerprint density at radius 1 is 1.13 bits per heavy atom. The van der Waals surface area contributed by atoms with Crippen LogP contribution < -0.4 is 10.1 Å². The van der Waals surface area contributed by atoms with Crippen molar-refractivity contribution in [1.29, 1.82) is 0 Å². The van der Waals surface area contributed by atoms with Crippen molar-refractivity contribution in [2.24, 2.45) is 0 Å². The highest BCUT2D eigenvalue weighted by molar-refractivity contribution is 7.98. The first-order chi connectivity index (χ1) is 15.3. The molecule has 0 radical (unpaired) electrons. The van der Waals surface area contributed by atoms with Crippen molar-refractivity contribution in [3.8, 4) is 10.8 Å². The molecule has 31 heavy (non-hydrogen) atoms. The number of ether oxygens (including phenoxy) is 1. The summed E-state index contributed by atoms with van der Waals surface area (Å²) in [5.41, 5.74) is 3.55. The van der Waals surface area contributed by atoms with Gasteiger partial charge in [-0.2, -0.15) is 11.8 Å². The van der Waals surface area contributed by atoms with Gasteiger partial charge in [-0.3, -0.25) is 9.78 Å². The third-order valence-electron chi connectivity index (χ3n) is 5.07. The molecule has 7 heteroatoms. The molecule has 1 aliphatic heterocycles. The van der Waals surface area contributed by atoms with E-state index in [-0.39, 0.29) is 5.91 Å². The van der Waals surface area contributed by atoms with Crippen molar-refractivity contribution < 1.29 is 9.53 Å². The normalized spacial score (nSPS) is 12.9. The van der Waals surface area contributed by atoms with Crippen LogP contribution >= 0.6 is 23.1 Å². The third-order valence-corrected chi connectivity index (χ3v) is 7.49. The van der Waals surface area contributed by atoms with Gasteiger partial charge in [0, 0.05) is 41.0 Å². The molecule has 4 heterocycles. The molecule has 1 aliphatic rings. The number of nitrogens with one attached hydrogen (secondary N) is 1. The number of anilines is 1. The average molecular weight is 448 g/mol. The summed E-state index contributed by atoms with van der Waals surface area (Å²) in [5.74, 6) is 2.64. The second-order valence-electron chi connectivity index (χ2n) is 7.17. The number of thiophene rings is 1. The number of hydrogen-bond donors (Lipinski definition) is 1. The highest BCUT2D eigenvalue weighted by Gasteiger charge is 2.26. The van der Waals surface area contributed by atoms with Gasteiger partial charge in [-0.05, 0) is 54.1 Å². The maximum atomic E-state index is 13.4. The fraction of sp³-hybridized carbons (Fsp3) is 0.167. The second kappa shape index (κ2) is 8.99. The van der Waals surface area contributed by atoms with Gasteiger partial charge in [0.15, 0.2) is 0 Å². The molecule has 0 atom stereocenters. The lowest BCUT2D eigenvalue weighted by molar-refractivity contribution is 0.102. The Morgan fingerprint density at radius 2 is 2.03 bits per heavy atom. The molecular formula is C24H21N3O2S2. The van der Waals surface area contributed by atoms with Crippen molar-refractivity contribution in [3.63, 3.8) is 0 Å². The van der Waals surface area contributed by atoms with Gasteiger partial charge in [0.2, 0.25) is 0 Å². The topological polar surface area (TPSA) is 56.1 Å². The summed E-state index contributed by atoms with van der Waals surface area (Å²) in [6.07, 6.45) is 6.66. The van der Waals surface area contributed by atoms with E-state index >= 15 is 0 Å². The highest BCUT2D eigenvalue weighted by Crippen LogP contribution is 2.38. The first-order valence-electron chi connectivity index (χ1n) is 10.1. The molecule has 0 saturated heterocycles. The molecule has 5 nitrogen and oxygen atoms in total. The van der Waals surface area contributed by atoms with Crippen molar-refractivity contribution in [2.45, 2.75) is 18.8 Å². The largest absolute Gasteiger partial charge is 0.487 e. The Hall–Kier alpha value is -3.03. The van der Waals surface area contributed by atoms with Crippen LogP contribution in [0.25, 0.3) is 5.00 Å². The molecule has 0 fully saturated rings. The summed E-state index contributed by atoms with van der Waals surface area (Å²) in [4.78, 5) is 19.0. The lowest BCUT2D eigenvalue weighted by Gasteiger charge is -2.14. The van der Waals surface area contributed by atoms with Crippen LogP contribution in [0.3, 0.4) is 0 Å². The van der Waals surface area contributed by atoms with E-state index in [9.17, 15) is 4.79 Å². The summed E-state index contributed by atoms with van der Waals surface area (Å²) in [5, 5.41) is 4.07. The summed E-state index contributed by atoms with van der Waals surface area (Å²) in [7, 11) is 0. The number of benzene rings is 1. The van der Waals surface area contributed by atoms with E-state index in [1.807, 2.05) is 83.3 Å². The number of rotatable bonds is 6. The fourth-order valence-corrected chi connectivity index (χ4v) is 6.05. The zero-order chi connectivity index (χ0) is 21.0. The Bertz CT molecular complexity index is 1190. The molecule has 5 rings (SSSR count). The van der Waals surface area contributed by atoms with E-state index in [1.165, 1.54) is 10.4 Å². The first-order valence-corrected chi connectivity index (χ1v) is 12.0. The molecule has 0 bridgehead atoms. The van der Waals surface area contributed by atoms with Gasteiger partial charge < -0.3 is 14.6 Å². The Kier molecular flexibility index (Phi) is 5.78. The van der Waals surface area contributed by atoms with E-state index in [4.69, 9.17) is 4.74 Å². The van der Waals surface area contributed by atoms with Gasteiger partial charge in [0.1, 0.15) is 17.4 Å². The number of pyridine rings is 1. The minimum Gasteiger partial charge on any atom is -0.487 e. The van der Waals surface area contributed by atoms with Gasteiger partial charge in [-0.15, -0.1) is 11.3 Å². The van der Waals surface area contributed by atoms with Gasteiger partial charge >= 0.3 is 0 Å². The zero-order valence-corrected chi connectivity index (χ0v) is 18.4. The summed E-state index contributed by atoms with van der Waals surface area (Å²) < 4.78 is 7.90. The van der Waals surface area contributed by atoms with Crippen LogP contribution in [0, 0.1) is 0 Å². The maximum Gasteiger partial charge on any atom is 0.258 e. The minimum atomic E-state index is -0.0741. The van der Waals surface area contributed by atoms with Gasteiger partial charge in [-0.1, -0.05) is 12.1 Å². The number of carbonyl (C=O) groups excluding carboxylic acids is 1. The molecule has 156 valence electrons. The molecule has 1 amide bonds. The first kappa shape index (κ1) is 19.9. The lowest BCUT2D eigenvalue weighted by Crippen LogP contribution is -2.16. The second-order valence-corrected chi connectivity index (χ2v) is 9.36. The quantitative estimate of drug-likeness (QED) is 0.421. The van der Waals surface area contributed by atoms with Crippen molar-refractivity contribution in [3.05, 3.63) is 94.9 Å². The van der Waals surface area contributed by atoms with Crippen LogP contribution in [0.4, 0.5) is 5.69 Å². The van der Waals surface area contributed by atoms with E-state index < -0.39 is 0 Å². The van der Waals surface area contributed by atoms with Crippen LogP contribution in [0.2, 0.25) is 0 Å². The molecular weight excluding hydrogens is 426 g/mol. The van der Waals surface area contributed by atoms with Crippen LogP contribution in [0.1, 0.15) is 26.5 Å². The average Bonchev–Trinajstić information content (AvgIpc) is 3.46. The zero-order valence-electron chi connectivity index (χ0n) is 16.8. The summed E-state index contributed by atoms with van der Waals surface area (Å²) in [6, 6.07) is 17.2. The predicted molar refractivity (Wildman–Crippen MR) is 126 cm³/mol. The number of nitrogens with zero attached hydrogens (tertiary/aromatic N) is 2. The van der Waals surface area contributed by atoms with Gasteiger partial charge in [0.25, 0.3) is 5.91 Å². The molecule has 1 N–H and O–H groups in total. The number of aromatic nitrogens is 2. The highest BCUT2D eigenvalue weighted by atomic mass is 32.2. The van der Waals surface area contributed by atoms with Gasteiger partial charge in [0.05, 0.1) is 11.3 Å². The van der Waals surface area contributed by atoms with E-state index in [1.54, 1.807) is 17.5 Å². The third kappa shape index (κ3) is 4.38. The molecule has 0 aliphatic carbocycles.